The minimum Gasteiger partial charge on any atom is -0.444 e. The number of nitrogens with zero attached hydrogens (tertiary/aromatic N) is 1. The zero-order valence-corrected chi connectivity index (χ0v) is 10.9. The summed E-state index contributed by atoms with van der Waals surface area (Å²) in [6.07, 6.45) is 11.4. The van der Waals surface area contributed by atoms with E-state index < -0.39 is 0 Å². The number of oxazole rings is 1. The third-order valence-electron chi connectivity index (χ3n) is 3.61. The highest BCUT2D eigenvalue weighted by molar-refractivity contribution is 5.02. The zero-order valence-electron chi connectivity index (χ0n) is 10.9. The molecule has 0 bridgehead atoms. The fraction of sp³-hybridized carbons (Fsp3) is 0.786. The first-order valence-electron chi connectivity index (χ1n) is 7.05. The van der Waals surface area contributed by atoms with Crippen LogP contribution in [0.15, 0.2) is 10.6 Å². The molecular weight excluding hydrogens is 212 g/mol. The number of rotatable bonds is 4. The van der Waals surface area contributed by atoms with Crippen molar-refractivity contribution in [3.63, 3.8) is 0 Å². The van der Waals surface area contributed by atoms with Crippen LogP contribution in [0.3, 0.4) is 0 Å². The van der Waals surface area contributed by atoms with Crippen LogP contribution in [-0.4, -0.2) is 11.5 Å². The molecule has 0 aromatic carbocycles. The van der Waals surface area contributed by atoms with Gasteiger partial charge in [-0.05, 0) is 19.4 Å². The molecule has 3 heteroatoms. The lowest BCUT2D eigenvalue weighted by molar-refractivity contribution is 0.366. The van der Waals surface area contributed by atoms with E-state index in [0.717, 1.165) is 24.7 Å². The fourth-order valence-corrected chi connectivity index (χ4v) is 2.57. The molecule has 0 spiro atoms. The van der Waals surface area contributed by atoms with Crippen molar-refractivity contribution in [2.45, 2.75) is 64.3 Å². The minimum absolute atomic E-state index is 0.609. The maximum Gasteiger partial charge on any atom is 0.208 e. The summed E-state index contributed by atoms with van der Waals surface area (Å²) in [4.78, 5) is 4.35. The van der Waals surface area contributed by atoms with Crippen LogP contribution in [0.5, 0.6) is 0 Å². The van der Waals surface area contributed by atoms with Crippen molar-refractivity contribution in [1.82, 2.24) is 10.3 Å². The second-order valence-electron chi connectivity index (χ2n) is 4.98. The van der Waals surface area contributed by atoms with E-state index in [1.54, 1.807) is 0 Å². The first kappa shape index (κ1) is 12.6. The van der Waals surface area contributed by atoms with Gasteiger partial charge in [0, 0.05) is 5.92 Å². The number of nitrogens with one attached hydrogen (secondary N) is 1. The van der Waals surface area contributed by atoms with Gasteiger partial charge in [0.1, 0.15) is 5.76 Å². The highest BCUT2D eigenvalue weighted by atomic mass is 16.4. The molecule has 1 N–H and O–H groups in total. The fourth-order valence-electron chi connectivity index (χ4n) is 2.57. The van der Waals surface area contributed by atoms with Crippen LogP contribution in [0.1, 0.15) is 69.4 Å². The van der Waals surface area contributed by atoms with Gasteiger partial charge in [-0.2, -0.15) is 0 Å². The highest BCUT2D eigenvalue weighted by Gasteiger charge is 2.17. The molecule has 1 heterocycles. The second-order valence-corrected chi connectivity index (χ2v) is 4.98. The molecule has 17 heavy (non-hydrogen) atoms. The molecule has 96 valence electrons. The minimum atomic E-state index is 0.609. The third kappa shape index (κ3) is 3.84. The van der Waals surface area contributed by atoms with E-state index in [9.17, 15) is 0 Å². The van der Waals surface area contributed by atoms with E-state index in [0.29, 0.717) is 5.92 Å². The Morgan fingerprint density at radius 1 is 1.24 bits per heavy atom. The maximum absolute atomic E-state index is 5.85. The summed E-state index contributed by atoms with van der Waals surface area (Å²) in [6, 6.07) is 0. The summed E-state index contributed by atoms with van der Waals surface area (Å²) in [5.74, 6) is 2.56. The van der Waals surface area contributed by atoms with E-state index in [4.69, 9.17) is 4.42 Å². The zero-order chi connectivity index (χ0) is 11.9. The van der Waals surface area contributed by atoms with Gasteiger partial charge in [-0.1, -0.05) is 39.0 Å². The van der Waals surface area contributed by atoms with Gasteiger partial charge in [0.05, 0.1) is 12.7 Å². The Kier molecular flexibility index (Phi) is 5.05. The van der Waals surface area contributed by atoms with Crippen molar-refractivity contribution >= 4 is 0 Å². The summed E-state index contributed by atoms with van der Waals surface area (Å²) >= 11 is 0. The van der Waals surface area contributed by atoms with Crippen LogP contribution < -0.4 is 5.32 Å². The third-order valence-corrected chi connectivity index (χ3v) is 3.61. The summed E-state index contributed by atoms with van der Waals surface area (Å²) in [5.41, 5.74) is 0. The molecule has 0 saturated heterocycles. The Morgan fingerprint density at radius 3 is 2.65 bits per heavy atom. The topological polar surface area (TPSA) is 38.1 Å². The summed E-state index contributed by atoms with van der Waals surface area (Å²) in [5, 5.41) is 3.25. The number of aromatic nitrogens is 1. The molecule has 2 rings (SSSR count). The van der Waals surface area contributed by atoms with Gasteiger partial charge in [-0.25, -0.2) is 4.98 Å². The molecule has 1 aliphatic rings. The SMILES string of the molecule is CCNCc1ncc(C2CCCCCCC2)o1. The van der Waals surface area contributed by atoms with Crippen LogP contribution in [0.2, 0.25) is 0 Å². The van der Waals surface area contributed by atoms with Crippen molar-refractivity contribution in [1.29, 1.82) is 0 Å². The van der Waals surface area contributed by atoms with Crippen LogP contribution in [0, 0.1) is 0 Å². The number of hydrogen-bond donors (Lipinski definition) is 1. The molecule has 0 aliphatic heterocycles. The highest BCUT2D eigenvalue weighted by Crippen LogP contribution is 2.31. The largest absolute Gasteiger partial charge is 0.444 e. The van der Waals surface area contributed by atoms with Gasteiger partial charge in [-0.15, -0.1) is 0 Å². The molecule has 1 aromatic rings. The Bertz CT molecular complexity index is 314. The van der Waals surface area contributed by atoms with Crippen molar-refractivity contribution in [2.24, 2.45) is 0 Å². The van der Waals surface area contributed by atoms with E-state index in [-0.39, 0.29) is 0 Å². The molecule has 1 fully saturated rings. The van der Waals surface area contributed by atoms with Crippen molar-refractivity contribution in [3.05, 3.63) is 17.8 Å². The van der Waals surface area contributed by atoms with Crippen LogP contribution in [-0.2, 0) is 6.54 Å². The quantitative estimate of drug-likeness (QED) is 0.867. The Labute approximate surface area is 104 Å². The molecule has 0 atom stereocenters. The van der Waals surface area contributed by atoms with Gasteiger partial charge in [-0.3, -0.25) is 0 Å². The molecule has 0 radical (unpaired) electrons. The maximum atomic E-state index is 5.85. The molecule has 0 unspecified atom stereocenters. The monoisotopic (exact) mass is 236 g/mol. The number of hydrogen-bond acceptors (Lipinski definition) is 3. The molecular formula is C14H24N2O. The predicted molar refractivity (Wildman–Crippen MR) is 68.9 cm³/mol. The van der Waals surface area contributed by atoms with Gasteiger partial charge < -0.3 is 9.73 Å². The molecule has 0 amide bonds. The lowest BCUT2D eigenvalue weighted by Crippen LogP contribution is -2.11. The summed E-state index contributed by atoms with van der Waals surface area (Å²) in [7, 11) is 0. The second kappa shape index (κ2) is 6.80. The first-order valence-corrected chi connectivity index (χ1v) is 7.05. The van der Waals surface area contributed by atoms with Crippen LogP contribution in [0.25, 0.3) is 0 Å². The van der Waals surface area contributed by atoms with E-state index in [1.807, 2.05) is 6.20 Å². The normalized spacial score (nSPS) is 18.9. The van der Waals surface area contributed by atoms with Crippen LogP contribution >= 0.6 is 0 Å². The van der Waals surface area contributed by atoms with Crippen molar-refractivity contribution in [2.75, 3.05) is 6.54 Å². The van der Waals surface area contributed by atoms with Gasteiger partial charge >= 0.3 is 0 Å². The first-order chi connectivity index (χ1) is 8.40. The Hall–Kier alpha value is -0.830. The van der Waals surface area contributed by atoms with Gasteiger partial charge in [0.2, 0.25) is 5.89 Å². The lowest BCUT2D eigenvalue weighted by Gasteiger charge is -2.16. The molecule has 3 nitrogen and oxygen atoms in total. The molecule has 1 saturated carbocycles. The molecule has 1 aromatic heterocycles. The van der Waals surface area contributed by atoms with Crippen molar-refractivity contribution < 1.29 is 4.42 Å². The summed E-state index contributed by atoms with van der Waals surface area (Å²) < 4.78 is 5.85. The molecule has 1 aliphatic carbocycles. The average molecular weight is 236 g/mol. The standard InChI is InChI=1S/C14H24N2O/c1-2-15-11-14-16-10-13(17-14)12-8-6-4-3-5-7-9-12/h10,12,15H,2-9,11H2,1H3. The van der Waals surface area contributed by atoms with E-state index in [2.05, 4.69) is 17.2 Å². The van der Waals surface area contributed by atoms with E-state index in [1.165, 1.54) is 44.9 Å². The van der Waals surface area contributed by atoms with Gasteiger partial charge in [0.15, 0.2) is 0 Å². The van der Waals surface area contributed by atoms with Crippen molar-refractivity contribution in [3.8, 4) is 0 Å². The van der Waals surface area contributed by atoms with Gasteiger partial charge in [0.25, 0.3) is 0 Å². The Morgan fingerprint density at radius 2 is 1.94 bits per heavy atom. The smallest absolute Gasteiger partial charge is 0.208 e. The van der Waals surface area contributed by atoms with E-state index >= 15 is 0 Å². The predicted octanol–water partition coefficient (Wildman–Crippen LogP) is 3.61. The average Bonchev–Trinajstić information content (AvgIpc) is 2.74. The summed E-state index contributed by atoms with van der Waals surface area (Å²) in [6.45, 7) is 3.81. The van der Waals surface area contributed by atoms with Crippen LogP contribution in [0.4, 0.5) is 0 Å². The lowest BCUT2D eigenvalue weighted by atomic mass is 9.90. The Balaban J connectivity index is 1.92.